The molecule has 3 nitrogen and oxygen atoms in total. The van der Waals surface area contributed by atoms with Gasteiger partial charge in [0.15, 0.2) is 0 Å². The molecule has 0 aromatic heterocycles. The predicted octanol–water partition coefficient (Wildman–Crippen LogP) is 2.57. The van der Waals surface area contributed by atoms with E-state index in [9.17, 15) is 5.11 Å². The molecular weight excluding hydrogens is 238 g/mol. The maximum Gasteiger partial charge on any atom is 0.120 e. The Labute approximate surface area is 115 Å². The average molecular weight is 261 g/mol. The van der Waals surface area contributed by atoms with Gasteiger partial charge >= 0.3 is 0 Å². The minimum Gasteiger partial charge on any atom is -0.490 e. The van der Waals surface area contributed by atoms with Gasteiger partial charge in [-0.3, -0.25) is 4.90 Å². The SMILES string of the molecule is O[C@@H]1CCN(Cc2cccc(OC3CCCC3)c2)C1. The molecule has 1 N–H and O–H groups in total. The van der Waals surface area contributed by atoms with Gasteiger partial charge in [0, 0.05) is 19.6 Å². The van der Waals surface area contributed by atoms with Crippen molar-refractivity contribution in [2.24, 2.45) is 0 Å². The molecule has 2 fully saturated rings. The number of nitrogens with zero attached hydrogens (tertiary/aromatic N) is 1. The molecule has 0 radical (unpaired) electrons. The first-order valence-corrected chi connectivity index (χ1v) is 7.45. The highest BCUT2D eigenvalue weighted by atomic mass is 16.5. The van der Waals surface area contributed by atoms with Crippen molar-refractivity contribution in [3.05, 3.63) is 29.8 Å². The molecule has 0 amide bonds. The maximum absolute atomic E-state index is 9.56. The van der Waals surface area contributed by atoms with E-state index in [1.54, 1.807) is 0 Å². The van der Waals surface area contributed by atoms with Gasteiger partial charge in [-0.1, -0.05) is 12.1 Å². The van der Waals surface area contributed by atoms with Crippen LogP contribution in [-0.4, -0.2) is 35.3 Å². The Morgan fingerprint density at radius 2 is 2.05 bits per heavy atom. The van der Waals surface area contributed by atoms with Gasteiger partial charge in [0.1, 0.15) is 5.75 Å². The number of aliphatic hydroxyl groups is 1. The Bertz CT molecular complexity index is 415. The molecule has 0 bridgehead atoms. The highest BCUT2D eigenvalue weighted by Crippen LogP contribution is 2.25. The number of hydrogen-bond donors (Lipinski definition) is 1. The molecule has 104 valence electrons. The van der Waals surface area contributed by atoms with Crippen LogP contribution in [0, 0.1) is 0 Å². The summed E-state index contributed by atoms with van der Waals surface area (Å²) in [7, 11) is 0. The van der Waals surface area contributed by atoms with E-state index < -0.39 is 0 Å². The lowest BCUT2D eigenvalue weighted by Gasteiger charge is -2.17. The summed E-state index contributed by atoms with van der Waals surface area (Å²) in [5.41, 5.74) is 1.28. The molecule has 0 unspecified atom stereocenters. The monoisotopic (exact) mass is 261 g/mol. The van der Waals surface area contributed by atoms with E-state index >= 15 is 0 Å². The minimum absolute atomic E-state index is 0.141. The summed E-state index contributed by atoms with van der Waals surface area (Å²) in [6, 6.07) is 8.43. The van der Waals surface area contributed by atoms with Gasteiger partial charge in [-0.25, -0.2) is 0 Å². The summed E-state index contributed by atoms with van der Waals surface area (Å²) in [4.78, 5) is 2.30. The predicted molar refractivity (Wildman–Crippen MR) is 75.2 cm³/mol. The van der Waals surface area contributed by atoms with E-state index in [0.29, 0.717) is 6.10 Å². The van der Waals surface area contributed by atoms with E-state index in [2.05, 4.69) is 29.2 Å². The molecule has 1 heterocycles. The van der Waals surface area contributed by atoms with E-state index in [1.807, 2.05) is 0 Å². The molecule has 2 aliphatic rings. The van der Waals surface area contributed by atoms with E-state index in [0.717, 1.165) is 31.8 Å². The maximum atomic E-state index is 9.56. The third kappa shape index (κ3) is 3.48. The van der Waals surface area contributed by atoms with Crippen molar-refractivity contribution in [1.29, 1.82) is 0 Å². The molecule has 19 heavy (non-hydrogen) atoms. The molecule has 1 aliphatic heterocycles. The summed E-state index contributed by atoms with van der Waals surface area (Å²) in [6.07, 6.45) is 6.18. The molecule has 1 aromatic rings. The lowest BCUT2D eigenvalue weighted by molar-refractivity contribution is 0.174. The zero-order valence-corrected chi connectivity index (χ0v) is 11.4. The summed E-state index contributed by atoms with van der Waals surface area (Å²) >= 11 is 0. The molecule has 1 aliphatic carbocycles. The van der Waals surface area contributed by atoms with E-state index in [1.165, 1.54) is 31.2 Å². The number of rotatable bonds is 4. The second kappa shape index (κ2) is 5.93. The Morgan fingerprint density at radius 1 is 1.21 bits per heavy atom. The lowest BCUT2D eigenvalue weighted by Crippen LogP contribution is -2.21. The van der Waals surface area contributed by atoms with Crippen LogP contribution in [-0.2, 0) is 6.54 Å². The van der Waals surface area contributed by atoms with Crippen molar-refractivity contribution >= 4 is 0 Å². The fourth-order valence-corrected chi connectivity index (χ4v) is 3.13. The number of β-amino-alcohol motifs (C(OH)–C–C–N with tert-alkyl or cyclic N) is 1. The zero-order chi connectivity index (χ0) is 13.1. The van der Waals surface area contributed by atoms with Crippen LogP contribution >= 0.6 is 0 Å². The summed E-state index contributed by atoms with van der Waals surface area (Å²) in [5.74, 6) is 1.00. The van der Waals surface area contributed by atoms with Gasteiger partial charge in [0.05, 0.1) is 12.2 Å². The van der Waals surface area contributed by atoms with Crippen LogP contribution in [0.3, 0.4) is 0 Å². The van der Waals surface area contributed by atoms with Crippen LogP contribution in [0.2, 0.25) is 0 Å². The van der Waals surface area contributed by atoms with Crippen LogP contribution in [0.4, 0.5) is 0 Å². The summed E-state index contributed by atoms with van der Waals surface area (Å²) < 4.78 is 6.03. The normalized spacial score (nSPS) is 25.0. The highest BCUT2D eigenvalue weighted by Gasteiger charge is 2.20. The van der Waals surface area contributed by atoms with Crippen LogP contribution in [0.5, 0.6) is 5.75 Å². The molecule has 1 saturated carbocycles. The van der Waals surface area contributed by atoms with Gasteiger partial charge in [-0.2, -0.15) is 0 Å². The Morgan fingerprint density at radius 3 is 2.79 bits per heavy atom. The quantitative estimate of drug-likeness (QED) is 0.904. The Kier molecular flexibility index (Phi) is 4.04. The smallest absolute Gasteiger partial charge is 0.120 e. The standard InChI is InChI=1S/C16H23NO2/c18-14-8-9-17(12-14)11-13-4-3-7-16(10-13)19-15-5-1-2-6-15/h3-4,7,10,14-15,18H,1-2,5-6,8-9,11-12H2/t14-/m1/s1. The second-order valence-corrected chi connectivity index (χ2v) is 5.85. The number of ether oxygens (including phenoxy) is 1. The fourth-order valence-electron chi connectivity index (χ4n) is 3.13. The van der Waals surface area contributed by atoms with Crippen molar-refractivity contribution in [3.63, 3.8) is 0 Å². The lowest BCUT2D eigenvalue weighted by atomic mass is 10.2. The third-order valence-corrected chi connectivity index (χ3v) is 4.16. The first kappa shape index (κ1) is 12.9. The van der Waals surface area contributed by atoms with Crippen LogP contribution < -0.4 is 4.74 Å². The van der Waals surface area contributed by atoms with E-state index in [4.69, 9.17) is 4.74 Å². The first-order valence-electron chi connectivity index (χ1n) is 7.45. The molecule has 1 aromatic carbocycles. The van der Waals surface area contributed by atoms with Crippen LogP contribution in [0.25, 0.3) is 0 Å². The van der Waals surface area contributed by atoms with Crippen LogP contribution in [0.15, 0.2) is 24.3 Å². The first-order chi connectivity index (χ1) is 9.29. The van der Waals surface area contributed by atoms with Gasteiger partial charge in [-0.05, 0) is 49.8 Å². The number of likely N-dealkylation sites (tertiary alicyclic amines) is 1. The van der Waals surface area contributed by atoms with Gasteiger partial charge in [0.2, 0.25) is 0 Å². The largest absolute Gasteiger partial charge is 0.490 e. The molecule has 0 spiro atoms. The molecule has 3 heteroatoms. The van der Waals surface area contributed by atoms with Gasteiger partial charge in [0.25, 0.3) is 0 Å². The summed E-state index contributed by atoms with van der Waals surface area (Å²) in [5, 5.41) is 9.56. The fraction of sp³-hybridized carbons (Fsp3) is 0.625. The Balaban J connectivity index is 1.59. The topological polar surface area (TPSA) is 32.7 Å². The van der Waals surface area contributed by atoms with Crippen molar-refractivity contribution in [2.45, 2.75) is 50.9 Å². The number of aliphatic hydroxyl groups excluding tert-OH is 1. The molecular formula is C16H23NO2. The van der Waals surface area contributed by atoms with E-state index in [-0.39, 0.29) is 6.10 Å². The second-order valence-electron chi connectivity index (χ2n) is 5.85. The minimum atomic E-state index is -0.141. The zero-order valence-electron chi connectivity index (χ0n) is 11.4. The highest BCUT2D eigenvalue weighted by molar-refractivity contribution is 5.28. The van der Waals surface area contributed by atoms with Crippen molar-refractivity contribution < 1.29 is 9.84 Å². The third-order valence-electron chi connectivity index (χ3n) is 4.16. The average Bonchev–Trinajstić information content (AvgIpc) is 3.02. The van der Waals surface area contributed by atoms with Crippen molar-refractivity contribution in [1.82, 2.24) is 4.90 Å². The molecule has 1 saturated heterocycles. The van der Waals surface area contributed by atoms with Gasteiger partial charge < -0.3 is 9.84 Å². The molecule has 3 rings (SSSR count). The van der Waals surface area contributed by atoms with Crippen molar-refractivity contribution in [2.75, 3.05) is 13.1 Å². The van der Waals surface area contributed by atoms with Crippen LogP contribution in [0.1, 0.15) is 37.7 Å². The number of hydrogen-bond acceptors (Lipinski definition) is 3. The molecule has 1 atom stereocenters. The summed E-state index contributed by atoms with van der Waals surface area (Å²) in [6.45, 7) is 2.71. The van der Waals surface area contributed by atoms with Crippen molar-refractivity contribution in [3.8, 4) is 5.75 Å². The van der Waals surface area contributed by atoms with Gasteiger partial charge in [-0.15, -0.1) is 0 Å². The number of benzene rings is 1. The Hall–Kier alpha value is -1.06.